The second kappa shape index (κ2) is 2.80. The van der Waals surface area contributed by atoms with Gasteiger partial charge in [0.2, 0.25) is 0 Å². The lowest BCUT2D eigenvalue weighted by atomic mass is 9.88. The molecule has 1 aliphatic heterocycles. The van der Waals surface area contributed by atoms with Crippen LogP contribution >= 0.6 is 15.9 Å². The molecule has 1 nitrogen and oxygen atoms in total. The standard InChI is InChI=1S/C11H11BrFN/c12-8-2-1-7-5-14-6-11(3-4-11)9(7)10(8)13/h1-2,14H,3-6H2. The van der Waals surface area contributed by atoms with Gasteiger partial charge in [0.25, 0.3) is 0 Å². The first-order chi connectivity index (χ1) is 6.73. The summed E-state index contributed by atoms with van der Waals surface area (Å²) in [5.41, 5.74) is 2.22. The lowest BCUT2D eigenvalue weighted by molar-refractivity contribution is 0.489. The molecular formula is C11H11BrFN. The molecule has 0 atom stereocenters. The molecule has 1 heterocycles. The summed E-state index contributed by atoms with van der Waals surface area (Å²) in [7, 11) is 0. The van der Waals surface area contributed by atoms with Crippen molar-refractivity contribution in [3.8, 4) is 0 Å². The first-order valence-electron chi connectivity index (χ1n) is 4.91. The molecule has 1 fully saturated rings. The van der Waals surface area contributed by atoms with Crippen molar-refractivity contribution in [1.29, 1.82) is 0 Å². The van der Waals surface area contributed by atoms with E-state index in [4.69, 9.17) is 0 Å². The fourth-order valence-corrected chi connectivity index (χ4v) is 2.74. The largest absolute Gasteiger partial charge is 0.312 e. The smallest absolute Gasteiger partial charge is 0.141 e. The lowest BCUT2D eigenvalue weighted by Crippen LogP contribution is -2.34. The van der Waals surface area contributed by atoms with Gasteiger partial charge in [0.05, 0.1) is 4.47 Å². The quantitative estimate of drug-likeness (QED) is 0.752. The maximum Gasteiger partial charge on any atom is 0.141 e. The van der Waals surface area contributed by atoms with Crippen molar-refractivity contribution in [3.05, 3.63) is 33.5 Å². The highest BCUT2D eigenvalue weighted by Crippen LogP contribution is 2.52. The van der Waals surface area contributed by atoms with Crippen LogP contribution in [0.1, 0.15) is 24.0 Å². The predicted octanol–water partition coefficient (Wildman–Crippen LogP) is 2.72. The minimum absolute atomic E-state index is 0.0403. The van der Waals surface area contributed by atoms with Gasteiger partial charge in [-0.15, -0.1) is 0 Å². The first-order valence-corrected chi connectivity index (χ1v) is 5.70. The third kappa shape index (κ3) is 1.09. The van der Waals surface area contributed by atoms with Gasteiger partial charge in [-0.3, -0.25) is 0 Å². The van der Waals surface area contributed by atoms with Crippen LogP contribution in [0.2, 0.25) is 0 Å². The Bertz CT molecular complexity index is 399. The van der Waals surface area contributed by atoms with Crippen molar-refractivity contribution < 1.29 is 4.39 Å². The zero-order valence-electron chi connectivity index (χ0n) is 7.74. The highest BCUT2D eigenvalue weighted by molar-refractivity contribution is 9.10. The van der Waals surface area contributed by atoms with E-state index in [0.29, 0.717) is 4.47 Å². The van der Waals surface area contributed by atoms with E-state index in [1.54, 1.807) is 6.07 Å². The van der Waals surface area contributed by atoms with Gasteiger partial charge in [-0.2, -0.15) is 0 Å². The van der Waals surface area contributed by atoms with E-state index in [1.807, 2.05) is 6.07 Å². The lowest BCUT2D eigenvalue weighted by Gasteiger charge is -2.27. The summed E-state index contributed by atoms with van der Waals surface area (Å²) in [5.74, 6) is -0.0403. The highest BCUT2D eigenvalue weighted by atomic mass is 79.9. The zero-order valence-corrected chi connectivity index (χ0v) is 9.33. The van der Waals surface area contributed by atoms with Crippen LogP contribution in [0.4, 0.5) is 4.39 Å². The molecule has 0 amide bonds. The highest BCUT2D eigenvalue weighted by Gasteiger charge is 2.48. The molecule has 1 saturated carbocycles. The average Bonchev–Trinajstić information content (AvgIpc) is 2.92. The van der Waals surface area contributed by atoms with Crippen LogP contribution in [0.15, 0.2) is 16.6 Å². The molecule has 1 aromatic rings. The van der Waals surface area contributed by atoms with E-state index in [2.05, 4.69) is 21.2 Å². The van der Waals surface area contributed by atoms with Crippen LogP contribution in [-0.4, -0.2) is 6.54 Å². The molecule has 1 aliphatic carbocycles. The second-order valence-electron chi connectivity index (χ2n) is 4.28. The molecule has 0 saturated heterocycles. The number of hydrogen-bond donors (Lipinski definition) is 1. The van der Waals surface area contributed by atoms with E-state index in [0.717, 1.165) is 37.1 Å². The van der Waals surface area contributed by atoms with E-state index < -0.39 is 0 Å². The van der Waals surface area contributed by atoms with Crippen molar-refractivity contribution in [1.82, 2.24) is 5.32 Å². The average molecular weight is 256 g/mol. The zero-order chi connectivity index (χ0) is 9.76. The predicted molar refractivity (Wildman–Crippen MR) is 56.7 cm³/mol. The van der Waals surface area contributed by atoms with E-state index in [1.165, 1.54) is 0 Å². The Kier molecular flexibility index (Phi) is 1.77. The minimum Gasteiger partial charge on any atom is -0.312 e. The Morgan fingerprint density at radius 1 is 1.36 bits per heavy atom. The van der Waals surface area contributed by atoms with Crippen molar-refractivity contribution in [3.63, 3.8) is 0 Å². The molecule has 0 unspecified atom stereocenters. The molecule has 0 radical (unpaired) electrons. The Hall–Kier alpha value is -0.410. The summed E-state index contributed by atoms with van der Waals surface area (Å²) in [6.07, 6.45) is 2.25. The van der Waals surface area contributed by atoms with Crippen LogP contribution in [0.5, 0.6) is 0 Å². The van der Waals surface area contributed by atoms with Gasteiger partial charge in [-0.1, -0.05) is 6.07 Å². The summed E-state index contributed by atoms with van der Waals surface area (Å²) >= 11 is 3.26. The number of nitrogens with one attached hydrogen (secondary N) is 1. The van der Waals surface area contributed by atoms with Crippen molar-refractivity contribution in [2.45, 2.75) is 24.8 Å². The summed E-state index contributed by atoms with van der Waals surface area (Å²) in [5, 5.41) is 3.36. The van der Waals surface area contributed by atoms with Crippen LogP contribution in [0, 0.1) is 5.82 Å². The van der Waals surface area contributed by atoms with Crippen molar-refractivity contribution in [2.24, 2.45) is 0 Å². The monoisotopic (exact) mass is 255 g/mol. The number of halogens is 2. The molecule has 0 bridgehead atoms. The topological polar surface area (TPSA) is 12.0 Å². The Balaban J connectivity index is 2.24. The number of benzene rings is 1. The fraction of sp³-hybridized carbons (Fsp3) is 0.455. The number of hydrogen-bond acceptors (Lipinski definition) is 1. The Labute approximate surface area is 90.8 Å². The third-order valence-corrected chi connectivity index (χ3v) is 3.96. The van der Waals surface area contributed by atoms with Gasteiger partial charge in [0.15, 0.2) is 0 Å². The first kappa shape index (κ1) is 8.86. The maximum absolute atomic E-state index is 13.9. The molecule has 74 valence electrons. The van der Waals surface area contributed by atoms with Crippen LogP contribution in [0.3, 0.4) is 0 Å². The van der Waals surface area contributed by atoms with Crippen molar-refractivity contribution in [2.75, 3.05) is 6.54 Å². The molecule has 1 spiro atoms. The van der Waals surface area contributed by atoms with Gasteiger partial charge in [-0.25, -0.2) is 4.39 Å². The van der Waals surface area contributed by atoms with Crippen LogP contribution in [-0.2, 0) is 12.0 Å². The molecule has 3 rings (SSSR count). The Morgan fingerprint density at radius 3 is 2.86 bits per heavy atom. The number of rotatable bonds is 0. The SMILES string of the molecule is Fc1c(Br)ccc2c1C1(CC1)CNC2. The van der Waals surface area contributed by atoms with E-state index >= 15 is 0 Å². The number of fused-ring (bicyclic) bond motifs is 2. The molecule has 0 aromatic heterocycles. The van der Waals surface area contributed by atoms with Gasteiger partial charge in [0.1, 0.15) is 5.82 Å². The van der Waals surface area contributed by atoms with Crippen molar-refractivity contribution >= 4 is 15.9 Å². The molecular weight excluding hydrogens is 245 g/mol. The third-order valence-electron chi connectivity index (χ3n) is 3.34. The van der Waals surface area contributed by atoms with Gasteiger partial charge in [0, 0.05) is 24.1 Å². The molecule has 2 aliphatic rings. The summed E-state index contributed by atoms with van der Waals surface area (Å²) in [4.78, 5) is 0. The van der Waals surface area contributed by atoms with E-state index in [9.17, 15) is 4.39 Å². The Morgan fingerprint density at radius 2 is 2.14 bits per heavy atom. The summed E-state index contributed by atoms with van der Waals surface area (Å²) < 4.78 is 14.5. The normalized spacial score (nSPS) is 22.1. The summed E-state index contributed by atoms with van der Waals surface area (Å²) in [6.45, 7) is 1.74. The van der Waals surface area contributed by atoms with Gasteiger partial charge in [-0.05, 0) is 40.4 Å². The molecule has 1 N–H and O–H groups in total. The van der Waals surface area contributed by atoms with Crippen LogP contribution in [0.25, 0.3) is 0 Å². The molecule has 3 heteroatoms. The minimum atomic E-state index is -0.0403. The fourth-order valence-electron chi connectivity index (χ4n) is 2.41. The van der Waals surface area contributed by atoms with E-state index in [-0.39, 0.29) is 11.2 Å². The molecule has 1 aromatic carbocycles. The second-order valence-corrected chi connectivity index (χ2v) is 5.13. The maximum atomic E-state index is 13.9. The van der Waals surface area contributed by atoms with Gasteiger partial charge >= 0.3 is 0 Å². The molecule has 14 heavy (non-hydrogen) atoms. The van der Waals surface area contributed by atoms with Gasteiger partial charge < -0.3 is 5.32 Å². The van der Waals surface area contributed by atoms with Crippen LogP contribution < -0.4 is 5.32 Å². The summed E-state index contributed by atoms with van der Waals surface area (Å²) in [6, 6.07) is 3.83.